The van der Waals surface area contributed by atoms with E-state index in [1.165, 1.54) is 19.5 Å². The average molecular weight is 327 g/mol. The van der Waals surface area contributed by atoms with Gasteiger partial charge in [-0.2, -0.15) is 0 Å². The molecule has 7 heteroatoms. The summed E-state index contributed by atoms with van der Waals surface area (Å²) in [5.74, 6) is -2.50. The Morgan fingerprint density at radius 3 is 2.33 bits per heavy atom. The molecule has 0 saturated carbocycles. The molecule has 1 unspecified atom stereocenters. The summed E-state index contributed by atoms with van der Waals surface area (Å²) in [5.41, 5.74) is 7.29. The lowest BCUT2D eigenvalue weighted by molar-refractivity contribution is -0.152. The van der Waals surface area contributed by atoms with Crippen LogP contribution in [0.15, 0.2) is 49.0 Å². The van der Waals surface area contributed by atoms with Crippen molar-refractivity contribution in [2.24, 2.45) is 5.73 Å². The Morgan fingerprint density at radius 2 is 1.75 bits per heavy atom. The topological polar surface area (TPSA) is 104 Å². The van der Waals surface area contributed by atoms with E-state index in [2.05, 4.69) is 9.97 Å². The fraction of sp³-hybridized carbons (Fsp3) is 0.176. The third-order valence-corrected chi connectivity index (χ3v) is 3.21. The Bertz CT molecular complexity index is 742. The van der Waals surface area contributed by atoms with Crippen LogP contribution in [0.5, 0.6) is 0 Å². The van der Waals surface area contributed by atoms with Gasteiger partial charge in [0.2, 0.25) is 0 Å². The molecule has 2 N–H and O–H groups in total. The average Bonchev–Trinajstić information content (AvgIpc) is 2.62. The summed E-state index contributed by atoms with van der Waals surface area (Å²) in [6.45, 7) is 1.90. The third kappa shape index (κ3) is 4.16. The number of carbonyl (C=O) groups is 2. The van der Waals surface area contributed by atoms with Gasteiger partial charge in [-0.25, -0.2) is 9.97 Å². The van der Waals surface area contributed by atoms with Crippen molar-refractivity contribution in [1.82, 2.24) is 9.97 Å². The summed E-state index contributed by atoms with van der Waals surface area (Å²) in [5, 5.41) is 0. The summed E-state index contributed by atoms with van der Waals surface area (Å²) in [7, 11) is 1.21. The van der Waals surface area contributed by atoms with Crippen molar-refractivity contribution in [2.45, 2.75) is 12.8 Å². The van der Waals surface area contributed by atoms with Gasteiger partial charge in [0, 0.05) is 12.4 Å². The van der Waals surface area contributed by atoms with Crippen LogP contribution in [-0.2, 0) is 19.1 Å². The van der Waals surface area contributed by atoms with Gasteiger partial charge < -0.3 is 15.2 Å². The molecule has 0 fully saturated rings. The molecular formula is C17H17N3O4. The molecule has 0 radical (unpaired) electrons. The number of methoxy groups -OCH3 is 1. The van der Waals surface area contributed by atoms with E-state index >= 15 is 0 Å². The second-order valence-electron chi connectivity index (χ2n) is 4.95. The molecule has 1 aromatic carbocycles. The first-order valence-corrected chi connectivity index (χ1v) is 7.11. The Balaban J connectivity index is 2.19. The Morgan fingerprint density at radius 1 is 1.12 bits per heavy atom. The quantitative estimate of drug-likeness (QED) is 0.504. The van der Waals surface area contributed by atoms with E-state index in [0.717, 1.165) is 11.8 Å². The van der Waals surface area contributed by atoms with E-state index in [0.29, 0.717) is 5.56 Å². The van der Waals surface area contributed by atoms with Gasteiger partial charge in [0.1, 0.15) is 12.0 Å². The zero-order chi connectivity index (χ0) is 17.5. The maximum atomic E-state index is 12.3. The van der Waals surface area contributed by atoms with Crippen LogP contribution in [0.1, 0.15) is 22.9 Å². The molecule has 2 aromatic rings. The van der Waals surface area contributed by atoms with Crippen LogP contribution in [0.3, 0.4) is 0 Å². The molecule has 0 amide bonds. The number of ether oxygens (including phenoxy) is 2. The molecule has 0 aliphatic heterocycles. The first kappa shape index (κ1) is 17.1. The van der Waals surface area contributed by atoms with E-state index in [1.54, 1.807) is 30.3 Å². The number of nitrogens with zero attached hydrogens (tertiary/aromatic N) is 2. The highest BCUT2D eigenvalue weighted by Crippen LogP contribution is 2.20. The van der Waals surface area contributed by atoms with Crippen molar-refractivity contribution in [3.05, 3.63) is 65.9 Å². The molecule has 1 aromatic heterocycles. The van der Waals surface area contributed by atoms with Crippen molar-refractivity contribution in [3.63, 3.8) is 0 Å². The van der Waals surface area contributed by atoms with Gasteiger partial charge in [-0.1, -0.05) is 29.8 Å². The second-order valence-corrected chi connectivity index (χ2v) is 4.95. The minimum Gasteiger partial charge on any atom is -0.468 e. The van der Waals surface area contributed by atoms with Gasteiger partial charge in [0.25, 0.3) is 0 Å². The van der Waals surface area contributed by atoms with Crippen LogP contribution >= 0.6 is 0 Å². The van der Waals surface area contributed by atoms with Gasteiger partial charge in [-0.3, -0.25) is 9.59 Å². The summed E-state index contributed by atoms with van der Waals surface area (Å²) < 4.78 is 9.71. The monoisotopic (exact) mass is 327 g/mol. The molecule has 1 atom stereocenters. The van der Waals surface area contributed by atoms with Crippen LogP contribution in [0.4, 0.5) is 0 Å². The fourth-order valence-electron chi connectivity index (χ4n) is 1.94. The molecule has 0 aliphatic carbocycles. The molecule has 124 valence electrons. The lowest BCUT2D eigenvalue weighted by Crippen LogP contribution is -2.24. The molecular weight excluding hydrogens is 310 g/mol. The first-order valence-electron chi connectivity index (χ1n) is 7.11. The number of rotatable bonds is 5. The standard InChI is InChI=1S/C17H17N3O4/c1-11-4-6-12(7-5-11)14(16(21)23-2)17(22)24-10-13(18)15-19-8-3-9-20-15/h3-10,14H,18H2,1-2H3/b13-10-. The first-order chi connectivity index (χ1) is 11.5. The zero-order valence-electron chi connectivity index (χ0n) is 13.3. The molecule has 0 bridgehead atoms. The van der Waals surface area contributed by atoms with Gasteiger partial charge in [0.15, 0.2) is 11.7 Å². The zero-order valence-corrected chi connectivity index (χ0v) is 13.3. The lowest BCUT2D eigenvalue weighted by atomic mass is 9.98. The van der Waals surface area contributed by atoms with E-state index < -0.39 is 17.9 Å². The second kappa shape index (κ2) is 7.87. The Labute approximate surface area is 139 Å². The summed E-state index contributed by atoms with van der Waals surface area (Å²) >= 11 is 0. The molecule has 0 aliphatic rings. The smallest absolute Gasteiger partial charge is 0.329 e. The van der Waals surface area contributed by atoms with Gasteiger partial charge in [0.05, 0.1) is 7.11 Å². The number of benzene rings is 1. The van der Waals surface area contributed by atoms with Gasteiger partial charge in [-0.05, 0) is 18.6 Å². The van der Waals surface area contributed by atoms with Gasteiger partial charge >= 0.3 is 11.9 Å². The van der Waals surface area contributed by atoms with Crippen LogP contribution in [0.25, 0.3) is 5.70 Å². The van der Waals surface area contributed by atoms with Crippen LogP contribution in [-0.4, -0.2) is 29.0 Å². The maximum Gasteiger partial charge on any atom is 0.329 e. The van der Waals surface area contributed by atoms with Crippen molar-refractivity contribution >= 4 is 17.6 Å². The number of esters is 2. The number of hydrogen-bond acceptors (Lipinski definition) is 7. The number of nitrogens with two attached hydrogens (primary N) is 1. The summed E-state index contributed by atoms with van der Waals surface area (Å²) in [4.78, 5) is 32.1. The van der Waals surface area contributed by atoms with Crippen molar-refractivity contribution in [1.29, 1.82) is 0 Å². The van der Waals surface area contributed by atoms with E-state index in [1.807, 2.05) is 6.92 Å². The highest BCUT2D eigenvalue weighted by molar-refractivity contribution is 6.01. The molecule has 7 nitrogen and oxygen atoms in total. The minimum atomic E-state index is -1.20. The Hall–Kier alpha value is -3.22. The largest absolute Gasteiger partial charge is 0.468 e. The van der Waals surface area contributed by atoms with Crippen molar-refractivity contribution in [3.8, 4) is 0 Å². The number of carbonyl (C=O) groups excluding carboxylic acids is 2. The van der Waals surface area contributed by atoms with E-state index in [4.69, 9.17) is 15.2 Å². The lowest BCUT2D eigenvalue weighted by Gasteiger charge is -2.13. The van der Waals surface area contributed by atoms with Crippen LogP contribution in [0, 0.1) is 6.92 Å². The molecule has 0 saturated heterocycles. The van der Waals surface area contributed by atoms with Gasteiger partial charge in [-0.15, -0.1) is 0 Å². The third-order valence-electron chi connectivity index (χ3n) is 3.21. The summed E-state index contributed by atoms with van der Waals surface area (Å²) in [6.07, 6.45) is 4.03. The number of aromatic nitrogens is 2. The molecule has 1 heterocycles. The maximum absolute atomic E-state index is 12.3. The van der Waals surface area contributed by atoms with Crippen LogP contribution in [0.2, 0.25) is 0 Å². The predicted molar refractivity (Wildman–Crippen MR) is 86.2 cm³/mol. The normalized spacial score (nSPS) is 12.3. The SMILES string of the molecule is COC(=O)C(C(=O)O/C=C(\N)c1ncccn1)c1ccc(C)cc1. The number of hydrogen-bond donors (Lipinski definition) is 1. The van der Waals surface area contributed by atoms with E-state index in [-0.39, 0.29) is 11.5 Å². The highest BCUT2D eigenvalue weighted by atomic mass is 16.5. The fourth-order valence-corrected chi connectivity index (χ4v) is 1.94. The summed E-state index contributed by atoms with van der Waals surface area (Å²) in [6, 6.07) is 8.56. The van der Waals surface area contributed by atoms with Crippen molar-refractivity contribution < 1.29 is 19.1 Å². The minimum absolute atomic E-state index is 0.0662. The molecule has 24 heavy (non-hydrogen) atoms. The van der Waals surface area contributed by atoms with Crippen molar-refractivity contribution in [2.75, 3.05) is 7.11 Å². The molecule has 0 spiro atoms. The highest BCUT2D eigenvalue weighted by Gasteiger charge is 2.31. The van der Waals surface area contributed by atoms with E-state index in [9.17, 15) is 9.59 Å². The van der Waals surface area contributed by atoms with Crippen LogP contribution < -0.4 is 5.73 Å². The molecule has 2 rings (SSSR count). The predicted octanol–water partition coefficient (Wildman–Crippen LogP) is 1.54. The Kier molecular flexibility index (Phi) is 5.62. The number of aryl methyl sites for hydroxylation is 1.